The smallest absolute Gasteiger partial charge is 0.315 e. The van der Waals surface area contributed by atoms with Crippen LogP contribution in [0.5, 0.6) is 0 Å². The Morgan fingerprint density at radius 2 is 2.00 bits per heavy atom. The number of nitrogens with zero attached hydrogens (tertiary/aromatic N) is 1. The Morgan fingerprint density at radius 1 is 1.25 bits per heavy atom. The highest BCUT2D eigenvalue weighted by atomic mass is 16.5. The molecule has 1 unspecified atom stereocenters. The molecule has 0 spiro atoms. The molecule has 1 aromatic rings. The maximum Gasteiger partial charge on any atom is 0.315 e. The second kappa shape index (κ2) is 9.64. The zero-order valence-corrected chi connectivity index (χ0v) is 15.2. The molecule has 0 aliphatic carbocycles. The highest BCUT2D eigenvalue weighted by molar-refractivity contribution is 5.73. The molecular weight excluding hydrogens is 302 g/mol. The van der Waals surface area contributed by atoms with Crippen LogP contribution in [0.15, 0.2) is 24.3 Å². The van der Waals surface area contributed by atoms with Gasteiger partial charge in [-0.2, -0.15) is 0 Å². The first kappa shape index (κ1) is 18.7. The number of rotatable bonds is 7. The van der Waals surface area contributed by atoms with Crippen LogP contribution in [-0.4, -0.2) is 49.8 Å². The first-order chi connectivity index (χ1) is 11.5. The van der Waals surface area contributed by atoms with Crippen LogP contribution in [0.3, 0.4) is 0 Å². The van der Waals surface area contributed by atoms with Crippen LogP contribution in [0, 0.1) is 12.8 Å². The molecule has 1 saturated heterocycles. The van der Waals surface area contributed by atoms with Crippen LogP contribution in [0.4, 0.5) is 4.79 Å². The predicted octanol–water partition coefficient (Wildman–Crippen LogP) is 2.54. The van der Waals surface area contributed by atoms with Gasteiger partial charge in [-0.05, 0) is 24.8 Å². The molecule has 1 fully saturated rings. The van der Waals surface area contributed by atoms with Crippen molar-refractivity contribution in [3.63, 3.8) is 0 Å². The number of aryl methyl sites for hydroxylation is 1. The number of benzene rings is 1. The first-order valence-electron chi connectivity index (χ1n) is 8.93. The standard InChI is InChI=1S/C19H31N3O2/c1-15(2)11-18(22-7-9-24-10-8-22)14-21-19(23)20-13-17-6-4-5-16(3)12-17/h4-6,12,15,18H,7-11,13-14H2,1-3H3,(H2,20,21,23). The Labute approximate surface area is 145 Å². The van der Waals surface area contributed by atoms with Crippen molar-refractivity contribution < 1.29 is 9.53 Å². The third-order valence-corrected chi connectivity index (χ3v) is 4.34. The molecule has 1 aromatic carbocycles. The zero-order valence-electron chi connectivity index (χ0n) is 15.2. The van der Waals surface area contributed by atoms with E-state index in [1.807, 2.05) is 12.1 Å². The van der Waals surface area contributed by atoms with Crippen molar-refractivity contribution in [1.82, 2.24) is 15.5 Å². The number of amides is 2. The number of hydrogen-bond donors (Lipinski definition) is 2. The van der Waals surface area contributed by atoms with Crippen LogP contribution in [0.1, 0.15) is 31.4 Å². The van der Waals surface area contributed by atoms with Gasteiger partial charge in [0.05, 0.1) is 13.2 Å². The number of nitrogens with one attached hydrogen (secondary N) is 2. The molecule has 2 N–H and O–H groups in total. The SMILES string of the molecule is Cc1cccc(CNC(=O)NCC(CC(C)C)N2CCOCC2)c1. The lowest BCUT2D eigenvalue weighted by Crippen LogP contribution is -2.50. The lowest BCUT2D eigenvalue weighted by atomic mass is 10.0. The van der Waals surface area contributed by atoms with E-state index in [1.54, 1.807) is 0 Å². The summed E-state index contributed by atoms with van der Waals surface area (Å²) in [5.41, 5.74) is 2.33. The van der Waals surface area contributed by atoms with Crippen molar-refractivity contribution in [2.75, 3.05) is 32.8 Å². The summed E-state index contributed by atoms with van der Waals surface area (Å²) in [6, 6.07) is 8.47. The van der Waals surface area contributed by atoms with E-state index in [0.29, 0.717) is 25.0 Å². The Hall–Kier alpha value is -1.59. The molecule has 0 aromatic heterocycles. The van der Waals surface area contributed by atoms with Gasteiger partial charge in [0.1, 0.15) is 0 Å². The van der Waals surface area contributed by atoms with E-state index in [9.17, 15) is 4.79 Å². The number of ether oxygens (including phenoxy) is 1. The second-order valence-electron chi connectivity index (χ2n) is 6.98. The fourth-order valence-corrected chi connectivity index (χ4v) is 3.13. The normalized spacial score (nSPS) is 16.8. The van der Waals surface area contributed by atoms with Gasteiger partial charge in [0.2, 0.25) is 0 Å². The predicted molar refractivity (Wildman–Crippen MR) is 97.1 cm³/mol. The summed E-state index contributed by atoms with van der Waals surface area (Å²) in [5.74, 6) is 0.606. The maximum absolute atomic E-state index is 12.1. The first-order valence-corrected chi connectivity index (χ1v) is 8.93. The summed E-state index contributed by atoms with van der Waals surface area (Å²) >= 11 is 0. The van der Waals surface area contributed by atoms with Crippen LogP contribution in [0.25, 0.3) is 0 Å². The van der Waals surface area contributed by atoms with Crippen LogP contribution in [-0.2, 0) is 11.3 Å². The lowest BCUT2D eigenvalue weighted by molar-refractivity contribution is 0.0129. The molecule has 5 heteroatoms. The molecule has 0 radical (unpaired) electrons. The van der Waals surface area contributed by atoms with Crippen LogP contribution in [0.2, 0.25) is 0 Å². The third-order valence-electron chi connectivity index (χ3n) is 4.34. The Morgan fingerprint density at radius 3 is 2.67 bits per heavy atom. The molecule has 1 atom stereocenters. The van der Waals surface area contributed by atoms with E-state index < -0.39 is 0 Å². The summed E-state index contributed by atoms with van der Waals surface area (Å²) in [5, 5.41) is 5.98. The van der Waals surface area contributed by atoms with Crippen molar-refractivity contribution in [1.29, 1.82) is 0 Å². The van der Waals surface area contributed by atoms with E-state index in [-0.39, 0.29) is 6.03 Å². The van der Waals surface area contributed by atoms with Gasteiger partial charge in [-0.25, -0.2) is 4.79 Å². The Balaban J connectivity index is 1.78. The Kier molecular flexibility index (Phi) is 7.53. The van der Waals surface area contributed by atoms with E-state index in [1.165, 1.54) is 5.56 Å². The minimum absolute atomic E-state index is 0.0986. The summed E-state index contributed by atoms with van der Waals surface area (Å²) in [6.45, 7) is 11.2. The van der Waals surface area contributed by atoms with E-state index >= 15 is 0 Å². The fraction of sp³-hybridized carbons (Fsp3) is 0.632. The molecule has 5 nitrogen and oxygen atoms in total. The van der Waals surface area contributed by atoms with Crippen LogP contribution >= 0.6 is 0 Å². The van der Waals surface area contributed by atoms with Crippen molar-refractivity contribution >= 4 is 6.03 Å². The van der Waals surface area contributed by atoms with Crippen LogP contribution < -0.4 is 10.6 Å². The van der Waals surface area contributed by atoms with Gasteiger partial charge < -0.3 is 15.4 Å². The molecular formula is C19H31N3O2. The zero-order chi connectivity index (χ0) is 17.4. The molecule has 1 aliphatic heterocycles. The van der Waals surface area contributed by atoms with Gasteiger partial charge in [0.15, 0.2) is 0 Å². The van der Waals surface area contributed by atoms with Gasteiger partial charge in [-0.15, -0.1) is 0 Å². The van der Waals surface area contributed by atoms with Gasteiger partial charge >= 0.3 is 6.03 Å². The highest BCUT2D eigenvalue weighted by Gasteiger charge is 2.22. The van der Waals surface area contributed by atoms with Crippen molar-refractivity contribution in [3.05, 3.63) is 35.4 Å². The summed E-state index contributed by atoms with van der Waals surface area (Å²) in [7, 11) is 0. The molecule has 0 bridgehead atoms. The van der Waals surface area contributed by atoms with Gasteiger partial charge in [-0.1, -0.05) is 43.7 Å². The monoisotopic (exact) mass is 333 g/mol. The van der Waals surface area contributed by atoms with E-state index in [0.717, 1.165) is 38.3 Å². The second-order valence-corrected chi connectivity index (χ2v) is 6.98. The number of urea groups is 1. The summed E-state index contributed by atoms with van der Waals surface area (Å²) in [6.07, 6.45) is 1.08. The highest BCUT2D eigenvalue weighted by Crippen LogP contribution is 2.13. The molecule has 2 amide bonds. The van der Waals surface area contributed by atoms with Crippen molar-refractivity contribution in [2.45, 2.75) is 39.8 Å². The average Bonchev–Trinajstić information content (AvgIpc) is 2.57. The van der Waals surface area contributed by atoms with Crippen molar-refractivity contribution in [3.8, 4) is 0 Å². The molecule has 1 heterocycles. The largest absolute Gasteiger partial charge is 0.379 e. The average molecular weight is 333 g/mol. The lowest BCUT2D eigenvalue weighted by Gasteiger charge is -2.35. The van der Waals surface area contributed by atoms with Gasteiger partial charge in [0.25, 0.3) is 0 Å². The Bertz CT molecular complexity index is 513. The number of carbonyl (C=O) groups is 1. The number of carbonyl (C=O) groups excluding carboxylic acids is 1. The van der Waals surface area contributed by atoms with Gasteiger partial charge in [0, 0.05) is 32.2 Å². The molecule has 1 aliphatic rings. The number of morpholine rings is 1. The minimum atomic E-state index is -0.0986. The quantitative estimate of drug-likeness (QED) is 0.806. The molecule has 2 rings (SSSR count). The molecule has 24 heavy (non-hydrogen) atoms. The van der Waals surface area contributed by atoms with Crippen molar-refractivity contribution in [2.24, 2.45) is 5.92 Å². The van der Waals surface area contributed by atoms with Gasteiger partial charge in [-0.3, -0.25) is 4.90 Å². The summed E-state index contributed by atoms with van der Waals surface area (Å²) in [4.78, 5) is 14.5. The summed E-state index contributed by atoms with van der Waals surface area (Å²) < 4.78 is 5.44. The number of hydrogen-bond acceptors (Lipinski definition) is 3. The topological polar surface area (TPSA) is 53.6 Å². The fourth-order valence-electron chi connectivity index (χ4n) is 3.13. The molecule has 0 saturated carbocycles. The van der Waals surface area contributed by atoms with E-state index in [2.05, 4.69) is 48.4 Å². The minimum Gasteiger partial charge on any atom is -0.379 e. The third kappa shape index (κ3) is 6.49. The van der Waals surface area contributed by atoms with E-state index in [4.69, 9.17) is 4.74 Å². The molecule has 134 valence electrons. The maximum atomic E-state index is 12.1.